The Morgan fingerprint density at radius 1 is 1.04 bits per heavy atom. The van der Waals surface area contributed by atoms with Crippen molar-refractivity contribution in [2.45, 2.75) is 6.18 Å². The Hall–Kier alpha value is -3.36. The van der Waals surface area contributed by atoms with Crippen LogP contribution in [0.2, 0.25) is 0 Å². The van der Waals surface area contributed by atoms with Crippen molar-refractivity contribution in [2.75, 3.05) is 6.61 Å². The molecule has 0 fully saturated rings. The molecule has 0 unspecified atom stereocenters. The lowest BCUT2D eigenvalue weighted by molar-refractivity contribution is -0.137. The Balaban J connectivity index is 1.81. The Kier molecular flexibility index (Phi) is 6.53. The first-order valence-electron chi connectivity index (χ1n) is 7.57. The quantitative estimate of drug-likeness (QED) is 0.475. The molecule has 2 aromatic rings. The van der Waals surface area contributed by atoms with Crippen LogP contribution in [0, 0.1) is 5.82 Å². The van der Waals surface area contributed by atoms with Crippen LogP contribution in [-0.4, -0.2) is 18.4 Å². The van der Waals surface area contributed by atoms with Gasteiger partial charge in [-0.2, -0.15) is 13.2 Å². The molecule has 0 spiro atoms. The standard InChI is InChI=1S/C18H14F4N2O3/c19-14-6-1-2-7-15(14)27-11-17(26)24-23-16(25)9-8-12-4-3-5-13(10-12)18(20,21)22/h1-10H,11H2,(H,23,25)(H,24,26)/b9-8+. The maximum atomic E-state index is 13.3. The molecule has 2 N–H and O–H groups in total. The van der Waals surface area contributed by atoms with Crippen molar-refractivity contribution >= 4 is 17.9 Å². The van der Waals surface area contributed by atoms with Crippen LogP contribution in [0.3, 0.4) is 0 Å². The van der Waals surface area contributed by atoms with Gasteiger partial charge in [0.15, 0.2) is 18.2 Å². The zero-order valence-corrected chi connectivity index (χ0v) is 13.7. The lowest BCUT2D eigenvalue weighted by Crippen LogP contribution is -2.43. The monoisotopic (exact) mass is 382 g/mol. The molecule has 0 aliphatic heterocycles. The highest BCUT2D eigenvalue weighted by Gasteiger charge is 2.30. The first-order chi connectivity index (χ1) is 12.8. The highest BCUT2D eigenvalue weighted by molar-refractivity contribution is 5.93. The van der Waals surface area contributed by atoms with Crippen LogP contribution in [-0.2, 0) is 15.8 Å². The highest BCUT2D eigenvalue weighted by atomic mass is 19.4. The fourth-order valence-corrected chi connectivity index (χ4v) is 1.90. The van der Waals surface area contributed by atoms with Crippen LogP contribution in [0.5, 0.6) is 5.75 Å². The van der Waals surface area contributed by atoms with Gasteiger partial charge in [0, 0.05) is 6.08 Å². The number of hydrazine groups is 1. The van der Waals surface area contributed by atoms with Gasteiger partial charge in [-0.25, -0.2) is 4.39 Å². The molecule has 0 bridgehead atoms. The number of ether oxygens (including phenoxy) is 1. The fourth-order valence-electron chi connectivity index (χ4n) is 1.90. The summed E-state index contributed by atoms with van der Waals surface area (Å²) in [6.45, 7) is -0.543. The van der Waals surface area contributed by atoms with Crippen LogP contribution in [0.15, 0.2) is 54.6 Å². The van der Waals surface area contributed by atoms with Crippen molar-refractivity contribution < 1.29 is 31.9 Å². The Morgan fingerprint density at radius 2 is 1.78 bits per heavy atom. The molecule has 2 rings (SSSR count). The average Bonchev–Trinajstić information content (AvgIpc) is 2.63. The summed E-state index contributed by atoms with van der Waals surface area (Å²) in [4.78, 5) is 23.1. The van der Waals surface area contributed by atoms with Crippen molar-refractivity contribution in [3.8, 4) is 5.75 Å². The SMILES string of the molecule is O=C(/C=C/c1cccc(C(F)(F)F)c1)NNC(=O)COc1ccccc1F. The third-order valence-corrected chi connectivity index (χ3v) is 3.16. The first kappa shape index (κ1) is 20.0. The van der Waals surface area contributed by atoms with Crippen LogP contribution in [0.25, 0.3) is 6.08 Å². The van der Waals surface area contributed by atoms with Crippen LogP contribution in [0.1, 0.15) is 11.1 Å². The molecule has 2 aromatic carbocycles. The van der Waals surface area contributed by atoms with Gasteiger partial charge in [0.05, 0.1) is 5.56 Å². The molecule has 0 saturated carbocycles. The van der Waals surface area contributed by atoms with Crippen LogP contribution >= 0.6 is 0 Å². The predicted octanol–water partition coefficient (Wildman–Crippen LogP) is 3.08. The van der Waals surface area contributed by atoms with Crippen molar-refractivity contribution in [1.82, 2.24) is 10.9 Å². The normalized spacial score (nSPS) is 11.3. The Morgan fingerprint density at radius 3 is 2.48 bits per heavy atom. The van der Waals surface area contributed by atoms with Crippen molar-refractivity contribution in [3.05, 3.63) is 71.6 Å². The van der Waals surface area contributed by atoms with E-state index in [4.69, 9.17) is 4.74 Å². The van der Waals surface area contributed by atoms with E-state index in [1.54, 1.807) is 0 Å². The number of benzene rings is 2. The molecular weight excluding hydrogens is 368 g/mol. The predicted molar refractivity (Wildman–Crippen MR) is 88.7 cm³/mol. The molecule has 0 aliphatic rings. The summed E-state index contributed by atoms with van der Waals surface area (Å²) in [5.41, 5.74) is 3.37. The van der Waals surface area contributed by atoms with E-state index in [9.17, 15) is 27.2 Å². The third-order valence-electron chi connectivity index (χ3n) is 3.16. The Labute approximate surface area is 151 Å². The van der Waals surface area contributed by atoms with Gasteiger partial charge in [0.25, 0.3) is 11.8 Å². The number of rotatable bonds is 5. The molecule has 2 amide bonds. The summed E-state index contributed by atoms with van der Waals surface area (Å²) in [5.74, 6) is -2.28. The van der Waals surface area contributed by atoms with Crippen LogP contribution < -0.4 is 15.6 Å². The summed E-state index contributed by atoms with van der Waals surface area (Å²) in [6.07, 6.45) is -2.38. The first-order valence-corrected chi connectivity index (χ1v) is 7.57. The minimum atomic E-state index is -4.49. The maximum Gasteiger partial charge on any atom is 0.416 e. The number of para-hydroxylation sites is 1. The number of alkyl halides is 3. The minimum Gasteiger partial charge on any atom is -0.481 e. The average molecular weight is 382 g/mol. The number of halogens is 4. The molecule has 0 aromatic heterocycles. The molecular formula is C18H14F4N2O3. The van der Waals surface area contributed by atoms with E-state index in [1.807, 2.05) is 10.9 Å². The molecule has 27 heavy (non-hydrogen) atoms. The van der Waals surface area contributed by atoms with E-state index in [0.717, 1.165) is 30.4 Å². The molecule has 9 heteroatoms. The molecule has 0 saturated heterocycles. The van der Waals surface area contributed by atoms with Gasteiger partial charge in [-0.15, -0.1) is 0 Å². The smallest absolute Gasteiger partial charge is 0.416 e. The number of carbonyl (C=O) groups is 2. The van der Waals surface area contributed by atoms with Crippen molar-refractivity contribution in [2.24, 2.45) is 0 Å². The molecule has 5 nitrogen and oxygen atoms in total. The van der Waals surface area contributed by atoms with Gasteiger partial charge in [-0.3, -0.25) is 20.4 Å². The number of hydrogen-bond acceptors (Lipinski definition) is 3. The van der Waals surface area contributed by atoms with Gasteiger partial charge < -0.3 is 4.74 Å². The summed E-state index contributed by atoms with van der Waals surface area (Å²) < 4.78 is 56.1. The topological polar surface area (TPSA) is 67.4 Å². The lowest BCUT2D eigenvalue weighted by Gasteiger charge is -2.08. The zero-order chi connectivity index (χ0) is 19.9. The van der Waals surface area contributed by atoms with E-state index >= 15 is 0 Å². The van der Waals surface area contributed by atoms with Gasteiger partial charge in [0.2, 0.25) is 0 Å². The number of hydrogen-bond donors (Lipinski definition) is 2. The molecule has 0 atom stereocenters. The van der Waals surface area contributed by atoms with E-state index in [2.05, 4.69) is 0 Å². The zero-order valence-electron chi connectivity index (χ0n) is 13.7. The van der Waals surface area contributed by atoms with Gasteiger partial charge in [-0.1, -0.05) is 24.3 Å². The molecule has 0 heterocycles. The number of carbonyl (C=O) groups excluding carboxylic acids is 2. The second-order valence-corrected chi connectivity index (χ2v) is 5.21. The highest BCUT2D eigenvalue weighted by Crippen LogP contribution is 2.29. The second kappa shape index (κ2) is 8.84. The second-order valence-electron chi connectivity index (χ2n) is 5.21. The van der Waals surface area contributed by atoms with E-state index in [1.165, 1.54) is 30.3 Å². The third kappa shape index (κ3) is 6.46. The molecule has 142 valence electrons. The van der Waals surface area contributed by atoms with Gasteiger partial charge in [-0.05, 0) is 35.9 Å². The van der Waals surface area contributed by atoms with E-state index < -0.39 is 36.0 Å². The van der Waals surface area contributed by atoms with Gasteiger partial charge >= 0.3 is 6.18 Å². The summed E-state index contributed by atoms with van der Waals surface area (Å²) in [5, 5.41) is 0. The van der Waals surface area contributed by atoms with Crippen LogP contribution in [0.4, 0.5) is 17.6 Å². The summed E-state index contributed by atoms with van der Waals surface area (Å²) >= 11 is 0. The van der Waals surface area contributed by atoms with E-state index in [-0.39, 0.29) is 11.3 Å². The minimum absolute atomic E-state index is 0.122. The molecule has 0 radical (unpaired) electrons. The van der Waals surface area contributed by atoms with Crippen molar-refractivity contribution in [3.63, 3.8) is 0 Å². The maximum absolute atomic E-state index is 13.3. The van der Waals surface area contributed by atoms with Crippen molar-refractivity contribution in [1.29, 1.82) is 0 Å². The van der Waals surface area contributed by atoms with E-state index in [0.29, 0.717) is 0 Å². The Bertz CT molecular complexity index is 850. The summed E-state index contributed by atoms with van der Waals surface area (Å²) in [7, 11) is 0. The lowest BCUT2D eigenvalue weighted by atomic mass is 10.1. The number of amides is 2. The number of nitrogens with one attached hydrogen (secondary N) is 2. The fraction of sp³-hybridized carbons (Fsp3) is 0.111. The largest absolute Gasteiger partial charge is 0.481 e. The van der Waals surface area contributed by atoms with Gasteiger partial charge in [0.1, 0.15) is 0 Å². The summed E-state index contributed by atoms with van der Waals surface area (Å²) in [6, 6.07) is 9.86. The molecule has 0 aliphatic carbocycles.